The summed E-state index contributed by atoms with van der Waals surface area (Å²) in [6.45, 7) is 11.0. The second kappa shape index (κ2) is 12.4. The summed E-state index contributed by atoms with van der Waals surface area (Å²) in [5, 5.41) is 6.96. The molecule has 6 heteroatoms. The van der Waals surface area contributed by atoms with Crippen LogP contribution < -0.4 is 15.5 Å². The zero-order valence-corrected chi connectivity index (χ0v) is 19.0. The number of aliphatic imine (C=N–C) groups is 1. The van der Waals surface area contributed by atoms with Crippen LogP contribution in [0, 0.1) is 5.92 Å². The monoisotopic (exact) mass is 474 g/mol. The molecule has 1 aromatic rings. The molecular weight excluding hydrogens is 439 g/mol. The molecule has 0 aliphatic carbocycles. The third-order valence-electron chi connectivity index (χ3n) is 4.57. The molecule has 0 amide bonds. The first-order valence-corrected chi connectivity index (χ1v) is 9.48. The lowest BCUT2D eigenvalue weighted by Gasteiger charge is -2.30. The Hall–Kier alpha value is -1.02. The van der Waals surface area contributed by atoms with Crippen LogP contribution in [0.4, 0.5) is 5.69 Å². The molecule has 0 bridgehead atoms. The van der Waals surface area contributed by atoms with Gasteiger partial charge in [-0.1, -0.05) is 32.0 Å². The summed E-state index contributed by atoms with van der Waals surface area (Å²) in [6.07, 6.45) is 2.38. The van der Waals surface area contributed by atoms with Gasteiger partial charge >= 0.3 is 0 Å². The molecule has 1 saturated heterocycles. The molecule has 1 atom stereocenters. The smallest absolute Gasteiger partial charge is 0.191 e. The maximum Gasteiger partial charge on any atom is 0.191 e. The Kier molecular flexibility index (Phi) is 11.0. The minimum atomic E-state index is 0. The highest BCUT2D eigenvalue weighted by Crippen LogP contribution is 2.21. The second-order valence-corrected chi connectivity index (χ2v) is 7.17. The van der Waals surface area contributed by atoms with E-state index in [1.165, 1.54) is 17.7 Å². The van der Waals surface area contributed by atoms with Gasteiger partial charge in [0, 0.05) is 38.4 Å². The highest BCUT2D eigenvalue weighted by atomic mass is 127. The molecule has 26 heavy (non-hydrogen) atoms. The largest absolute Gasteiger partial charge is 0.378 e. The number of hydrogen-bond donors (Lipinski definition) is 2. The summed E-state index contributed by atoms with van der Waals surface area (Å²) in [4.78, 5) is 6.78. The molecule has 1 aliphatic rings. The van der Waals surface area contributed by atoms with Crippen LogP contribution in [0.5, 0.6) is 0 Å². The van der Waals surface area contributed by atoms with Crippen LogP contribution in [-0.2, 0) is 11.3 Å². The van der Waals surface area contributed by atoms with Gasteiger partial charge in [-0.25, -0.2) is 0 Å². The van der Waals surface area contributed by atoms with Crippen molar-refractivity contribution in [1.82, 2.24) is 10.6 Å². The van der Waals surface area contributed by atoms with Crippen molar-refractivity contribution in [3.05, 3.63) is 29.8 Å². The second-order valence-electron chi connectivity index (χ2n) is 7.17. The van der Waals surface area contributed by atoms with E-state index < -0.39 is 0 Å². The zero-order chi connectivity index (χ0) is 18.1. The lowest BCUT2D eigenvalue weighted by Crippen LogP contribution is -2.42. The van der Waals surface area contributed by atoms with E-state index in [9.17, 15) is 0 Å². The number of morpholine rings is 1. The van der Waals surface area contributed by atoms with Gasteiger partial charge in [0.25, 0.3) is 0 Å². The SMILES string of the molecule is CN=C(NCc1ccccc1N1CCOCC1)NC(C)CCC(C)C.I. The molecule has 1 aliphatic heterocycles. The van der Waals surface area contributed by atoms with E-state index in [0.717, 1.165) is 51.1 Å². The summed E-state index contributed by atoms with van der Waals surface area (Å²) < 4.78 is 5.47. The number of rotatable bonds is 7. The molecule has 1 aromatic carbocycles. The van der Waals surface area contributed by atoms with Crippen LogP contribution in [0.3, 0.4) is 0 Å². The summed E-state index contributed by atoms with van der Waals surface area (Å²) in [7, 11) is 1.83. The number of hydrogen-bond acceptors (Lipinski definition) is 3. The minimum absolute atomic E-state index is 0. The Morgan fingerprint density at radius 3 is 2.50 bits per heavy atom. The van der Waals surface area contributed by atoms with Crippen molar-refractivity contribution in [2.45, 2.75) is 46.2 Å². The van der Waals surface area contributed by atoms with Gasteiger partial charge in [-0.15, -0.1) is 24.0 Å². The number of benzene rings is 1. The van der Waals surface area contributed by atoms with E-state index >= 15 is 0 Å². The lowest BCUT2D eigenvalue weighted by molar-refractivity contribution is 0.122. The quantitative estimate of drug-likeness (QED) is 0.360. The van der Waals surface area contributed by atoms with Gasteiger partial charge in [0.05, 0.1) is 13.2 Å². The number of nitrogens with zero attached hydrogens (tertiary/aromatic N) is 2. The summed E-state index contributed by atoms with van der Waals surface area (Å²) in [6, 6.07) is 9.01. The molecule has 0 radical (unpaired) electrons. The normalized spacial score (nSPS) is 16.2. The Morgan fingerprint density at radius 1 is 1.15 bits per heavy atom. The van der Waals surface area contributed by atoms with Gasteiger partial charge in [0.15, 0.2) is 5.96 Å². The van der Waals surface area contributed by atoms with Crippen molar-refractivity contribution in [2.24, 2.45) is 10.9 Å². The number of halogens is 1. The number of para-hydroxylation sites is 1. The molecule has 0 aromatic heterocycles. The van der Waals surface area contributed by atoms with Crippen LogP contribution in [0.2, 0.25) is 0 Å². The van der Waals surface area contributed by atoms with Crippen LogP contribution in [0.15, 0.2) is 29.3 Å². The Morgan fingerprint density at radius 2 is 1.85 bits per heavy atom. The van der Waals surface area contributed by atoms with E-state index in [0.29, 0.717) is 6.04 Å². The van der Waals surface area contributed by atoms with Gasteiger partial charge in [-0.3, -0.25) is 4.99 Å². The molecule has 1 heterocycles. The minimum Gasteiger partial charge on any atom is -0.378 e. The molecule has 0 saturated carbocycles. The average Bonchev–Trinajstić information content (AvgIpc) is 2.64. The van der Waals surface area contributed by atoms with E-state index in [1.54, 1.807) is 0 Å². The first kappa shape index (κ1) is 23.0. The lowest BCUT2D eigenvalue weighted by atomic mass is 10.0. The third-order valence-corrected chi connectivity index (χ3v) is 4.57. The summed E-state index contributed by atoms with van der Waals surface area (Å²) in [5.41, 5.74) is 2.59. The molecule has 2 N–H and O–H groups in total. The first-order chi connectivity index (χ1) is 12.1. The van der Waals surface area contributed by atoms with Crippen LogP contribution in [0.1, 0.15) is 39.2 Å². The average molecular weight is 474 g/mol. The van der Waals surface area contributed by atoms with Gasteiger partial charge in [0.2, 0.25) is 0 Å². The van der Waals surface area contributed by atoms with Crippen molar-refractivity contribution < 1.29 is 4.74 Å². The number of ether oxygens (including phenoxy) is 1. The number of guanidine groups is 1. The fourth-order valence-corrected chi connectivity index (χ4v) is 3.04. The molecule has 2 rings (SSSR count). The molecule has 5 nitrogen and oxygen atoms in total. The van der Waals surface area contributed by atoms with Crippen LogP contribution in [0.25, 0.3) is 0 Å². The maximum absolute atomic E-state index is 5.47. The van der Waals surface area contributed by atoms with Gasteiger partial charge in [-0.2, -0.15) is 0 Å². The van der Waals surface area contributed by atoms with E-state index in [2.05, 4.69) is 65.6 Å². The van der Waals surface area contributed by atoms with Gasteiger partial charge < -0.3 is 20.3 Å². The van der Waals surface area contributed by atoms with Crippen molar-refractivity contribution in [2.75, 3.05) is 38.3 Å². The van der Waals surface area contributed by atoms with E-state index in [-0.39, 0.29) is 24.0 Å². The Labute approximate surface area is 176 Å². The fraction of sp³-hybridized carbons (Fsp3) is 0.650. The van der Waals surface area contributed by atoms with Gasteiger partial charge in [0.1, 0.15) is 0 Å². The maximum atomic E-state index is 5.47. The highest BCUT2D eigenvalue weighted by molar-refractivity contribution is 14.0. The standard InChI is InChI=1S/C20H34N4O.HI/c1-16(2)9-10-17(3)23-20(21-4)22-15-18-7-5-6-8-19(18)24-11-13-25-14-12-24;/h5-8,16-17H,9-15H2,1-4H3,(H2,21,22,23);1H. The molecule has 1 unspecified atom stereocenters. The number of nitrogens with one attached hydrogen (secondary N) is 2. The first-order valence-electron chi connectivity index (χ1n) is 9.48. The van der Waals surface area contributed by atoms with Crippen LogP contribution >= 0.6 is 24.0 Å². The van der Waals surface area contributed by atoms with Crippen LogP contribution in [-0.4, -0.2) is 45.4 Å². The predicted molar refractivity (Wildman–Crippen MR) is 122 cm³/mol. The highest BCUT2D eigenvalue weighted by Gasteiger charge is 2.14. The molecule has 148 valence electrons. The Bertz CT molecular complexity index is 544. The van der Waals surface area contributed by atoms with Crippen molar-refractivity contribution in [3.8, 4) is 0 Å². The van der Waals surface area contributed by atoms with Crippen molar-refractivity contribution >= 4 is 35.6 Å². The topological polar surface area (TPSA) is 48.9 Å². The Balaban J connectivity index is 0.00000338. The fourth-order valence-electron chi connectivity index (χ4n) is 3.04. The molecular formula is C20H35IN4O. The summed E-state index contributed by atoms with van der Waals surface area (Å²) in [5.74, 6) is 1.60. The molecule has 1 fully saturated rings. The van der Waals surface area contributed by atoms with E-state index in [4.69, 9.17) is 4.74 Å². The van der Waals surface area contributed by atoms with Crippen molar-refractivity contribution in [3.63, 3.8) is 0 Å². The predicted octanol–water partition coefficient (Wildman–Crippen LogP) is 3.63. The summed E-state index contributed by atoms with van der Waals surface area (Å²) >= 11 is 0. The number of anilines is 1. The molecule has 0 spiro atoms. The van der Waals surface area contributed by atoms with Crippen molar-refractivity contribution in [1.29, 1.82) is 0 Å². The van der Waals surface area contributed by atoms with Gasteiger partial charge in [-0.05, 0) is 37.3 Å². The zero-order valence-electron chi connectivity index (χ0n) is 16.6. The third kappa shape index (κ3) is 7.70. The van der Waals surface area contributed by atoms with E-state index in [1.807, 2.05) is 7.05 Å².